The molecular formula is C14H19F2NO4. The molecule has 0 heterocycles. The van der Waals surface area contributed by atoms with Gasteiger partial charge in [-0.3, -0.25) is 4.79 Å². The van der Waals surface area contributed by atoms with Crippen molar-refractivity contribution in [2.45, 2.75) is 32.9 Å². The Balaban J connectivity index is 2.88. The fraction of sp³-hybridized carbons (Fsp3) is 0.500. The molecule has 0 radical (unpaired) electrons. The average Bonchev–Trinajstić information content (AvgIpc) is 2.40. The number of hydrogen-bond donors (Lipinski definition) is 1. The molecule has 1 aromatic carbocycles. The van der Waals surface area contributed by atoms with Crippen LogP contribution in [-0.2, 0) is 9.53 Å². The SMILES string of the molecule is CCOC(=O)CC(N)c1ccc(OC(F)F)c(OCC)c1. The Bertz CT molecular complexity index is 468. The number of rotatable bonds is 8. The molecule has 0 amide bonds. The highest BCUT2D eigenvalue weighted by Crippen LogP contribution is 2.32. The summed E-state index contributed by atoms with van der Waals surface area (Å²) in [6.45, 7) is 1.04. The second-order valence-electron chi connectivity index (χ2n) is 4.13. The molecule has 0 aliphatic heterocycles. The molecular weight excluding hydrogens is 284 g/mol. The van der Waals surface area contributed by atoms with Crippen molar-refractivity contribution in [3.63, 3.8) is 0 Å². The summed E-state index contributed by atoms with van der Waals surface area (Å²) in [4.78, 5) is 11.4. The van der Waals surface area contributed by atoms with Crippen molar-refractivity contribution in [3.8, 4) is 11.5 Å². The summed E-state index contributed by atoms with van der Waals surface area (Å²) in [6.07, 6.45) is -0.00550. The molecule has 21 heavy (non-hydrogen) atoms. The fourth-order valence-electron chi connectivity index (χ4n) is 1.73. The van der Waals surface area contributed by atoms with Crippen LogP contribution in [0, 0.1) is 0 Å². The van der Waals surface area contributed by atoms with E-state index in [2.05, 4.69) is 4.74 Å². The second kappa shape index (κ2) is 8.41. The maximum atomic E-state index is 12.3. The van der Waals surface area contributed by atoms with Crippen LogP contribution >= 0.6 is 0 Å². The van der Waals surface area contributed by atoms with Gasteiger partial charge in [-0.05, 0) is 31.5 Å². The van der Waals surface area contributed by atoms with Crippen molar-refractivity contribution < 1.29 is 27.8 Å². The van der Waals surface area contributed by atoms with Gasteiger partial charge in [-0.25, -0.2) is 0 Å². The Hall–Kier alpha value is -1.89. The number of carbonyl (C=O) groups excluding carboxylic acids is 1. The molecule has 118 valence electrons. The summed E-state index contributed by atoms with van der Waals surface area (Å²) in [6, 6.07) is 3.75. The standard InChI is InChI=1S/C14H19F2NO4/c1-3-19-12-7-9(5-6-11(12)21-14(15)16)10(17)8-13(18)20-4-2/h5-7,10,14H,3-4,8,17H2,1-2H3. The van der Waals surface area contributed by atoms with E-state index < -0.39 is 18.6 Å². The number of halogens is 2. The molecule has 0 bridgehead atoms. The van der Waals surface area contributed by atoms with Crippen LogP contribution in [0.1, 0.15) is 31.9 Å². The minimum atomic E-state index is -2.94. The summed E-state index contributed by atoms with van der Waals surface area (Å²) < 4.78 is 39.0. The molecule has 0 fully saturated rings. The van der Waals surface area contributed by atoms with Gasteiger partial charge in [0.2, 0.25) is 0 Å². The van der Waals surface area contributed by atoms with Gasteiger partial charge in [-0.1, -0.05) is 6.07 Å². The van der Waals surface area contributed by atoms with Gasteiger partial charge in [-0.2, -0.15) is 8.78 Å². The minimum absolute atomic E-state index is 0.00550. The number of carbonyl (C=O) groups is 1. The molecule has 1 unspecified atom stereocenters. The van der Waals surface area contributed by atoms with Crippen LogP contribution < -0.4 is 15.2 Å². The largest absolute Gasteiger partial charge is 0.490 e. The van der Waals surface area contributed by atoms with E-state index in [1.54, 1.807) is 13.8 Å². The van der Waals surface area contributed by atoms with E-state index in [0.29, 0.717) is 5.56 Å². The monoisotopic (exact) mass is 303 g/mol. The smallest absolute Gasteiger partial charge is 0.387 e. The third-order valence-electron chi connectivity index (χ3n) is 2.60. The van der Waals surface area contributed by atoms with E-state index in [9.17, 15) is 13.6 Å². The summed E-state index contributed by atoms with van der Waals surface area (Å²) in [5.41, 5.74) is 6.47. The number of hydrogen-bond acceptors (Lipinski definition) is 5. The molecule has 1 rings (SSSR count). The first-order valence-corrected chi connectivity index (χ1v) is 6.60. The molecule has 1 aromatic rings. The number of ether oxygens (including phenoxy) is 3. The molecule has 0 spiro atoms. The predicted octanol–water partition coefficient (Wildman–Crippen LogP) is 2.64. The van der Waals surface area contributed by atoms with Gasteiger partial charge in [0.15, 0.2) is 11.5 Å². The molecule has 1 atom stereocenters. The van der Waals surface area contributed by atoms with Gasteiger partial charge in [0.1, 0.15) is 0 Å². The molecule has 5 nitrogen and oxygen atoms in total. The van der Waals surface area contributed by atoms with Gasteiger partial charge in [-0.15, -0.1) is 0 Å². The Morgan fingerprint density at radius 1 is 1.24 bits per heavy atom. The quantitative estimate of drug-likeness (QED) is 0.748. The normalized spacial score (nSPS) is 12.1. The first-order chi connectivity index (χ1) is 9.97. The van der Waals surface area contributed by atoms with Crippen LogP contribution in [0.4, 0.5) is 8.78 Å². The topological polar surface area (TPSA) is 70.8 Å². The van der Waals surface area contributed by atoms with E-state index in [1.807, 2.05) is 0 Å². The Morgan fingerprint density at radius 2 is 1.95 bits per heavy atom. The summed E-state index contributed by atoms with van der Waals surface area (Å²) in [7, 11) is 0. The molecule has 2 N–H and O–H groups in total. The van der Waals surface area contributed by atoms with Crippen LogP contribution in [0.2, 0.25) is 0 Å². The highest BCUT2D eigenvalue weighted by atomic mass is 19.3. The van der Waals surface area contributed by atoms with Crippen molar-refractivity contribution in [1.29, 1.82) is 0 Å². The van der Waals surface area contributed by atoms with Crippen molar-refractivity contribution in [2.24, 2.45) is 5.73 Å². The Morgan fingerprint density at radius 3 is 2.52 bits per heavy atom. The van der Waals surface area contributed by atoms with Gasteiger partial charge in [0.05, 0.1) is 19.6 Å². The van der Waals surface area contributed by atoms with E-state index in [-0.39, 0.29) is 31.1 Å². The maximum absolute atomic E-state index is 12.3. The van der Waals surface area contributed by atoms with Crippen LogP contribution in [0.15, 0.2) is 18.2 Å². The zero-order chi connectivity index (χ0) is 15.8. The lowest BCUT2D eigenvalue weighted by molar-refractivity contribution is -0.143. The highest BCUT2D eigenvalue weighted by molar-refractivity contribution is 5.70. The summed E-state index contributed by atoms with van der Waals surface area (Å²) >= 11 is 0. The molecule has 0 saturated carbocycles. The lowest BCUT2D eigenvalue weighted by Gasteiger charge is -2.16. The van der Waals surface area contributed by atoms with Gasteiger partial charge in [0.25, 0.3) is 0 Å². The van der Waals surface area contributed by atoms with Crippen molar-refractivity contribution >= 4 is 5.97 Å². The molecule has 0 saturated heterocycles. The second-order valence-corrected chi connectivity index (χ2v) is 4.13. The van der Waals surface area contributed by atoms with E-state index >= 15 is 0 Å². The van der Waals surface area contributed by atoms with Crippen LogP contribution in [0.5, 0.6) is 11.5 Å². The number of benzene rings is 1. The zero-order valence-corrected chi connectivity index (χ0v) is 12.0. The lowest BCUT2D eigenvalue weighted by Crippen LogP contribution is -2.17. The van der Waals surface area contributed by atoms with Crippen LogP contribution in [-0.4, -0.2) is 25.8 Å². The highest BCUT2D eigenvalue weighted by Gasteiger charge is 2.17. The van der Waals surface area contributed by atoms with Gasteiger partial charge >= 0.3 is 12.6 Å². The van der Waals surface area contributed by atoms with Crippen molar-refractivity contribution in [2.75, 3.05) is 13.2 Å². The first-order valence-electron chi connectivity index (χ1n) is 6.60. The fourth-order valence-corrected chi connectivity index (χ4v) is 1.73. The third-order valence-corrected chi connectivity index (χ3v) is 2.60. The van der Waals surface area contributed by atoms with Gasteiger partial charge in [0, 0.05) is 6.04 Å². The number of nitrogens with two attached hydrogens (primary N) is 1. The minimum Gasteiger partial charge on any atom is -0.490 e. The number of alkyl halides is 2. The first kappa shape index (κ1) is 17.2. The van der Waals surface area contributed by atoms with E-state index in [1.165, 1.54) is 18.2 Å². The predicted molar refractivity (Wildman–Crippen MR) is 72.4 cm³/mol. The third kappa shape index (κ3) is 5.55. The summed E-state index contributed by atoms with van der Waals surface area (Å²) in [5.74, 6) is -0.329. The molecule has 7 heteroatoms. The van der Waals surface area contributed by atoms with E-state index in [0.717, 1.165) is 0 Å². The zero-order valence-electron chi connectivity index (χ0n) is 12.0. The molecule has 0 aromatic heterocycles. The van der Waals surface area contributed by atoms with Crippen LogP contribution in [0.3, 0.4) is 0 Å². The van der Waals surface area contributed by atoms with Crippen molar-refractivity contribution in [1.82, 2.24) is 0 Å². The van der Waals surface area contributed by atoms with Crippen LogP contribution in [0.25, 0.3) is 0 Å². The maximum Gasteiger partial charge on any atom is 0.387 e. The van der Waals surface area contributed by atoms with Gasteiger partial charge < -0.3 is 19.9 Å². The summed E-state index contributed by atoms with van der Waals surface area (Å²) in [5, 5.41) is 0. The average molecular weight is 303 g/mol. The molecule has 0 aliphatic carbocycles. The molecule has 0 aliphatic rings. The Kier molecular flexibility index (Phi) is 6.87. The van der Waals surface area contributed by atoms with Crippen molar-refractivity contribution in [3.05, 3.63) is 23.8 Å². The van der Waals surface area contributed by atoms with E-state index in [4.69, 9.17) is 15.2 Å². The Labute approximate surface area is 122 Å². The number of esters is 1. The lowest BCUT2D eigenvalue weighted by atomic mass is 10.0.